The summed E-state index contributed by atoms with van der Waals surface area (Å²) in [7, 11) is 0. The van der Waals surface area contributed by atoms with Crippen molar-refractivity contribution < 1.29 is 18.8 Å². The van der Waals surface area contributed by atoms with Crippen molar-refractivity contribution in [2.45, 2.75) is 111 Å². The third-order valence-corrected chi connectivity index (χ3v) is 11.3. The van der Waals surface area contributed by atoms with Crippen LogP contribution in [0.15, 0.2) is 64.2 Å². The van der Waals surface area contributed by atoms with Crippen LogP contribution in [-0.4, -0.2) is 67.2 Å². The molecule has 278 valence electrons. The Morgan fingerprint density at radius 1 is 0.608 bits per heavy atom. The number of nitro benzene ring substituents is 2. The Kier molecular flexibility index (Phi) is 14.7. The van der Waals surface area contributed by atoms with E-state index in [0.717, 1.165) is 117 Å². The van der Waals surface area contributed by atoms with Gasteiger partial charge in [-0.2, -0.15) is 0 Å². The Balaban J connectivity index is 1.60. The van der Waals surface area contributed by atoms with Crippen LogP contribution in [-0.2, 0) is 26.2 Å². The Labute approximate surface area is 301 Å². The number of quaternary nitrogens is 2. The van der Waals surface area contributed by atoms with E-state index in [1.807, 2.05) is 31.2 Å². The molecule has 2 unspecified atom stereocenters. The average molecular weight is 707 g/mol. The molecule has 2 heterocycles. The van der Waals surface area contributed by atoms with Gasteiger partial charge in [-0.3, -0.25) is 34.2 Å². The van der Waals surface area contributed by atoms with Crippen LogP contribution < -0.4 is 11.2 Å². The molecule has 0 aliphatic carbocycles. The molecule has 0 saturated heterocycles. The highest BCUT2D eigenvalue weighted by Crippen LogP contribution is 2.27. The number of rotatable bonds is 8. The molecule has 1 aliphatic rings. The summed E-state index contributed by atoms with van der Waals surface area (Å²) in [4.78, 5) is 49.7. The number of aryl methyl sites for hydroxylation is 1. The van der Waals surface area contributed by atoms with Crippen molar-refractivity contribution >= 4 is 11.4 Å². The zero-order chi connectivity index (χ0) is 36.9. The predicted molar refractivity (Wildman–Crippen MR) is 201 cm³/mol. The molecule has 0 amide bonds. The quantitative estimate of drug-likeness (QED) is 0.139. The van der Waals surface area contributed by atoms with E-state index < -0.39 is 0 Å². The molecule has 2 bridgehead atoms. The van der Waals surface area contributed by atoms with Crippen molar-refractivity contribution in [2.24, 2.45) is 0 Å². The Morgan fingerprint density at radius 2 is 1.00 bits per heavy atom. The van der Waals surface area contributed by atoms with E-state index >= 15 is 0 Å². The highest BCUT2D eigenvalue weighted by Gasteiger charge is 2.31. The van der Waals surface area contributed by atoms with Gasteiger partial charge in [-0.25, -0.2) is 4.79 Å². The lowest BCUT2D eigenvalue weighted by atomic mass is 10.1. The zero-order valence-corrected chi connectivity index (χ0v) is 31.0. The van der Waals surface area contributed by atoms with Gasteiger partial charge >= 0.3 is 5.69 Å². The minimum atomic E-state index is -0.287. The molecule has 3 aromatic rings. The number of para-hydroxylation sites is 2. The van der Waals surface area contributed by atoms with E-state index in [-0.39, 0.29) is 32.5 Å². The van der Waals surface area contributed by atoms with Gasteiger partial charge in [0.25, 0.3) is 16.9 Å². The van der Waals surface area contributed by atoms with E-state index in [0.29, 0.717) is 38.3 Å². The van der Waals surface area contributed by atoms with Gasteiger partial charge in [-0.15, -0.1) is 0 Å². The Bertz CT molecular complexity index is 1740. The maximum atomic E-state index is 13.5. The fraction of sp³-hybridized carbons (Fsp3) is 0.590. The predicted octanol–water partition coefficient (Wildman–Crippen LogP) is 7.12. The molecule has 12 heteroatoms. The minimum Gasteiger partial charge on any atom is -0.320 e. The fourth-order valence-corrected chi connectivity index (χ4v) is 8.00. The van der Waals surface area contributed by atoms with E-state index in [4.69, 9.17) is 0 Å². The van der Waals surface area contributed by atoms with Gasteiger partial charge in [-0.1, -0.05) is 24.3 Å². The summed E-state index contributed by atoms with van der Waals surface area (Å²) in [5.41, 5.74) is 2.00. The number of hydrogen-bond acceptors (Lipinski definition) is 6. The second-order valence-corrected chi connectivity index (χ2v) is 14.5. The number of nitrogens with zero attached hydrogens (tertiary/aromatic N) is 6. The first kappa shape index (κ1) is 39.6. The third-order valence-electron chi connectivity index (χ3n) is 11.3. The van der Waals surface area contributed by atoms with E-state index in [1.54, 1.807) is 34.9 Å². The second-order valence-electron chi connectivity index (χ2n) is 14.5. The lowest BCUT2D eigenvalue weighted by Crippen LogP contribution is -2.49. The largest absolute Gasteiger partial charge is 0.331 e. The monoisotopic (exact) mass is 706 g/mol. The van der Waals surface area contributed by atoms with Crippen molar-refractivity contribution in [1.82, 2.24) is 9.13 Å². The molecule has 0 saturated carbocycles. The van der Waals surface area contributed by atoms with Crippen LogP contribution in [0, 0.1) is 27.2 Å². The fourth-order valence-electron chi connectivity index (χ4n) is 8.00. The summed E-state index contributed by atoms with van der Waals surface area (Å²) < 4.78 is 4.61. The molecule has 12 nitrogen and oxygen atoms in total. The van der Waals surface area contributed by atoms with Gasteiger partial charge in [0, 0.05) is 37.0 Å². The maximum absolute atomic E-state index is 13.5. The number of benzene rings is 2. The van der Waals surface area contributed by atoms with Gasteiger partial charge < -0.3 is 8.97 Å². The molecule has 2 aromatic carbocycles. The smallest absolute Gasteiger partial charge is 0.320 e. The van der Waals surface area contributed by atoms with Gasteiger partial charge in [0.15, 0.2) is 0 Å². The third kappa shape index (κ3) is 10.7. The lowest BCUT2D eigenvalue weighted by Gasteiger charge is -2.39. The number of hydrogen-bond donors (Lipinski definition) is 0. The van der Waals surface area contributed by atoms with Crippen LogP contribution >= 0.6 is 0 Å². The first-order chi connectivity index (χ1) is 24.5. The summed E-state index contributed by atoms with van der Waals surface area (Å²) in [5, 5.41) is 23.8. The minimum absolute atomic E-state index is 0.160. The van der Waals surface area contributed by atoms with Crippen LogP contribution in [0.2, 0.25) is 0 Å². The molecule has 0 spiro atoms. The molecule has 2 atom stereocenters. The lowest BCUT2D eigenvalue weighted by molar-refractivity contribution is -0.940. The van der Waals surface area contributed by atoms with Crippen LogP contribution in [0.25, 0.3) is 0 Å². The summed E-state index contributed by atoms with van der Waals surface area (Å²) in [6.45, 7) is 13.6. The van der Waals surface area contributed by atoms with Crippen LogP contribution in [0.4, 0.5) is 11.4 Å². The standard InChI is InChI=1S/C39H58N6O6/c1-4-44(31-34-20-10-12-22-36(34)42(48)49)26-16-6-7-17-27-45(5-2,32-35-21-11-13-23-37(35)43(50)51)29-19-9-15-25-41-38(46)30-33(3)40(39(41)47)24-14-8-18-28-44/h10-13,20-23,30H,4-9,14-19,24-29,31-32H2,1-3H3/q+2. The van der Waals surface area contributed by atoms with E-state index in [1.165, 1.54) is 4.57 Å². The topological polar surface area (TPSA) is 130 Å². The average Bonchev–Trinajstić information content (AvgIpc) is 3.11. The van der Waals surface area contributed by atoms with Crippen molar-refractivity contribution in [2.75, 3.05) is 39.3 Å². The van der Waals surface area contributed by atoms with Gasteiger partial charge in [-0.05, 0) is 97.1 Å². The van der Waals surface area contributed by atoms with Gasteiger partial charge in [0.2, 0.25) is 0 Å². The summed E-state index contributed by atoms with van der Waals surface area (Å²) in [6, 6.07) is 15.7. The van der Waals surface area contributed by atoms with Crippen LogP contribution in [0.3, 0.4) is 0 Å². The van der Waals surface area contributed by atoms with Crippen LogP contribution in [0.1, 0.15) is 94.9 Å². The molecule has 51 heavy (non-hydrogen) atoms. The molecular weight excluding hydrogens is 648 g/mol. The van der Waals surface area contributed by atoms with Crippen LogP contribution in [0.5, 0.6) is 0 Å². The summed E-state index contributed by atoms with van der Waals surface area (Å²) in [6.07, 6.45) is 9.24. The van der Waals surface area contributed by atoms with Crippen molar-refractivity contribution in [1.29, 1.82) is 0 Å². The molecule has 0 radical (unpaired) electrons. The van der Waals surface area contributed by atoms with Crippen molar-refractivity contribution in [3.63, 3.8) is 0 Å². The van der Waals surface area contributed by atoms with E-state index in [2.05, 4.69) is 13.8 Å². The molecule has 0 N–H and O–H groups in total. The Hall–Kier alpha value is -4.16. The number of nitro groups is 2. The summed E-state index contributed by atoms with van der Waals surface area (Å²) >= 11 is 0. The highest BCUT2D eigenvalue weighted by molar-refractivity contribution is 5.40. The second kappa shape index (κ2) is 18.9. The first-order valence-corrected chi connectivity index (χ1v) is 19.0. The molecular formula is C39H58N6O6+2. The SMILES string of the molecule is CC[N+]1(Cc2ccccc2[N+](=O)[O-])CCCCCC[N+](CC)(Cc2ccccc2[N+](=O)[O-])CCCCCn2c(=O)cc(C)n(c2=O)CCCCC1. The molecule has 1 aliphatic heterocycles. The number of fused-ring (bicyclic) bond motifs is 2. The summed E-state index contributed by atoms with van der Waals surface area (Å²) in [5.74, 6) is 0. The molecule has 4 rings (SSSR count). The normalized spacial score (nSPS) is 21.7. The zero-order valence-electron chi connectivity index (χ0n) is 31.0. The number of aromatic nitrogens is 2. The molecule has 0 fully saturated rings. The van der Waals surface area contributed by atoms with E-state index in [9.17, 15) is 29.8 Å². The van der Waals surface area contributed by atoms with Gasteiger partial charge in [0.05, 0.1) is 60.2 Å². The highest BCUT2D eigenvalue weighted by atomic mass is 16.6. The molecule has 1 aromatic heterocycles. The Morgan fingerprint density at radius 3 is 1.41 bits per heavy atom. The first-order valence-electron chi connectivity index (χ1n) is 19.0. The maximum Gasteiger partial charge on any atom is 0.331 e. The van der Waals surface area contributed by atoms with Crippen molar-refractivity contribution in [3.8, 4) is 0 Å². The van der Waals surface area contributed by atoms with Crippen molar-refractivity contribution in [3.05, 3.63) is 112 Å². The van der Waals surface area contributed by atoms with Gasteiger partial charge in [0.1, 0.15) is 13.1 Å².